The van der Waals surface area contributed by atoms with Crippen LogP contribution >= 0.6 is 0 Å². The highest BCUT2D eigenvalue weighted by atomic mass is 32.2. The Morgan fingerprint density at radius 2 is 1.69 bits per heavy atom. The maximum Gasteiger partial charge on any atom is 0.416 e. The minimum Gasteiger partial charge on any atom is -0.307 e. The van der Waals surface area contributed by atoms with E-state index in [1.165, 1.54) is 23.2 Å². The van der Waals surface area contributed by atoms with Crippen LogP contribution in [0.4, 0.5) is 42.6 Å². The van der Waals surface area contributed by atoms with E-state index < -0.39 is 51.2 Å². The number of anilines is 2. The quantitative estimate of drug-likeness (QED) is 0.411. The van der Waals surface area contributed by atoms with Crippen LogP contribution in [-0.4, -0.2) is 37.1 Å². The number of pyridine rings is 2. The average molecular weight is 519 g/mol. The van der Waals surface area contributed by atoms with E-state index in [2.05, 4.69) is 20.6 Å². The molecule has 3 N–H and O–H groups in total. The lowest BCUT2D eigenvalue weighted by Crippen LogP contribution is -2.33. The van der Waals surface area contributed by atoms with Crippen LogP contribution in [0.2, 0.25) is 0 Å². The molecule has 1 aromatic carbocycles. The van der Waals surface area contributed by atoms with Gasteiger partial charge in [0.25, 0.3) is 0 Å². The molecule has 0 atom stereocenters. The van der Waals surface area contributed by atoms with E-state index in [-0.39, 0.29) is 11.3 Å². The number of benzene rings is 1. The van der Waals surface area contributed by atoms with Crippen molar-refractivity contribution >= 4 is 27.6 Å². The van der Waals surface area contributed by atoms with Crippen molar-refractivity contribution in [1.82, 2.24) is 14.7 Å². The predicted octanol–water partition coefficient (Wildman–Crippen LogP) is 4.65. The first kappa shape index (κ1) is 25.9. The van der Waals surface area contributed by atoms with Crippen molar-refractivity contribution in [2.24, 2.45) is 0 Å². The number of sulfonamides is 1. The van der Waals surface area contributed by atoms with E-state index in [0.29, 0.717) is 17.7 Å². The van der Waals surface area contributed by atoms with E-state index in [0.717, 1.165) is 18.3 Å². The summed E-state index contributed by atoms with van der Waals surface area (Å²) in [5.74, 6) is -0.448. The number of carbonyl (C=O) groups is 1. The Labute approximate surface area is 194 Å². The molecule has 0 saturated carbocycles. The summed E-state index contributed by atoms with van der Waals surface area (Å²) in [5, 5.41) is 4.38. The zero-order valence-electron chi connectivity index (χ0n) is 17.3. The second-order valence-corrected chi connectivity index (χ2v) is 8.66. The maximum atomic E-state index is 12.9. The monoisotopic (exact) mass is 519 g/mol. The second-order valence-electron chi connectivity index (χ2n) is 6.90. The molecule has 0 unspecified atom stereocenters. The molecule has 186 valence electrons. The van der Waals surface area contributed by atoms with Gasteiger partial charge in [-0.1, -0.05) is 12.1 Å². The summed E-state index contributed by atoms with van der Waals surface area (Å²) >= 11 is 0. The molecule has 3 aromatic rings. The maximum absolute atomic E-state index is 12.9. The number of nitrogens with zero attached hydrogens (tertiary/aromatic N) is 2. The molecule has 0 saturated heterocycles. The number of rotatable bonds is 6. The van der Waals surface area contributed by atoms with Crippen molar-refractivity contribution in [2.45, 2.75) is 17.2 Å². The van der Waals surface area contributed by atoms with Crippen molar-refractivity contribution < 1.29 is 39.6 Å². The Morgan fingerprint density at radius 3 is 2.31 bits per heavy atom. The van der Waals surface area contributed by atoms with Crippen LogP contribution in [0.15, 0.2) is 66.0 Å². The third-order valence-corrected chi connectivity index (χ3v) is 5.71. The number of carbonyl (C=O) groups excluding carboxylic acids is 1. The van der Waals surface area contributed by atoms with Crippen molar-refractivity contribution in [3.8, 4) is 11.1 Å². The smallest absolute Gasteiger partial charge is 0.307 e. The second kappa shape index (κ2) is 9.87. The fourth-order valence-electron chi connectivity index (χ4n) is 2.77. The topological polar surface area (TPSA) is 113 Å². The molecule has 0 aliphatic heterocycles. The summed E-state index contributed by atoms with van der Waals surface area (Å²) in [6.45, 7) is -1.82. The van der Waals surface area contributed by atoms with E-state index in [9.17, 15) is 39.6 Å². The highest BCUT2D eigenvalue weighted by molar-refractivity contribution is 7.89. The first-order valence-electron chi connectivity index (χ1n) is 9.47. The Hall–Kier alpha value is -3.72. The predicted molar refractivity (Wildman–Crippen MR) is 113 cm³/mol. The van der Waals surface area contributed by atoms with Gasteiger partial charge in [0.2, 0.25) is 10.0 Å². The number of amides is 2. The third-order valence-electron chi connectivity index (χ3n) is 4.31. The van der Waals surface area contributed by atoms with E-state index in [4.69, 9.17) is 0 Å². The molecule has 0 radical (unpaired) electrons. The number of hydrogen-bond donors (Lipinski definition) is 3. The zero-order valence-corrected chi connectivity index (χ0v) is 18.1. The molecular weight excluding hydrogens is 504 g/mol. The number of urea groups is 1. The third kappa shape index (κ3) is 7.13. The molecule has 2 amide bonds. The van der Waals surface area contributed by atoms with Crippen LogP contribution in [0.1, 0.15) is 5.56 Å². The molecule has 3 rings (SSSR count). The van der Waals surface area contributed by atoms with Crippen LogP contribution in [0, 0.1) is 0 Å². The molecule has 2 heterocycles. The van der Waals surface area contributed by atoms with E-state index in [1.807, 2.05) is 0 Å². The van der Waals surface area contributed by atoms with Crippen LogP contribution < -0.4 is 15.4 Å². The van der Waals surface area contributed by atoms with E-state index >= 15 is 0 Å². The summed E-state index contributed by atoms with van der Waals surface area (Å²) < 4.78 is 102. The van der Waals surface area contributed by atoms with Gasteiger partial charge in [-0.15, -0.1) is 0 Å². The normalized spacial score (nSPS) is 12.3. The number of hydrogen-bond acceptors (Lipinski definition) is 5. The molecule has 15 heteroatoms. The van der Waals surface area contributed by atoms with E-state index in [1.54, 1.807) is 12.1 Å². The zero-order chi connectivity index (χ0) is 25.9. The molecule has 35 heavy (non-hydrogen) atoms. The van der Waals surface area contributed by atoms with Crippen LogP contribution in [-0.2, 0) is 16.2 Å². The first-order valence-corrected chi connectivity index (χ1v) is 10.9. The number of halogens is 6. The van der Waals surface area contributed by atoms with Gasteiger partial charge in [-0.2, -0.15) is 26.3 Å². The Balaban J connectivity index is 1.92. The van der Waals surface area contributed by atoms with Gasteiger partial charge in [0.05, 0.1) is 16.1 Å². The van der Waals surface area contributed by atoms with Gasteiger partial charge < -0.3 is 5.32 Å². The summed E-state index contributed by atoms with van der Waals surface area (Å²) in [6, 6.07) is 6.47. The lowest BCUT2D eigenvalue weighted by molar-refractivity contribution is -0.137. The molecule has 2 aromatic heterocycles. The molecule has 0 fully saturated rings. The number of aromatic nitrogens is 2. The standard InChI is InChI=1S/C20H15F6N5O3S/c21-19(22,23)11-29-35(33,34)14-3-4-15(12-2-1-6-27-10-12)16(9-14)30-18(32)31-17-8-13(5-7-28-17)20(24,25)26/h1-10,29H,11H2,(H2,28,30,31,32). The first-order chi connectivity index (χ1) is 16.2. The van der Waals surface area contributed by atoms with Gasteiger partial charge in [-0.25, -0.2) is 22.9 Å². The van der Waals surface area contributed by atoms with Crippen LogP contribution in [0.3, 0.4) is 0 Å². The van der Waals surface area contributed by atoms with Gasteiger partial charge in [-0.3, -0.25) is 10.3 Å². The average Bonchev–Trinajstić information content (AvgIpc) is 2.77. The highest BCUT2D eigenvalue weighted by Crippen LogP contribution is 2.32. The lowest BCUT2D eigenvalue weighted by atomic mass is 10.1. The lowest BCUT2D eigenvalue weighted by Gasteiger charge is -2.15. The van der Waals surface area contributed by atoms with Crippen molar-refractivity contribution in [1.29, 1.82) is 0 Å². The highest BCUT2D eigenvalue weighted by Gasteiger charge is 2.31. The van der Waals surface area contributed by atoms with Gasteiger partial charge in [-0.05, 0) is 30.3 Å². The molecular formula is C20H15F6N5O3S. The summed E-state index contributed by atoms with van der Waals surface area (Å²) in [6.07, 6.45) is -5.83. The van der Waals surface area contributed by atoms with Gasteiger partial charge >= 0.3 is 18.4 Å². The van der Waals surface area contributed by atoms with Crippen molar-refractivity contribution in [3.05, 3.63) is 66.6 Å². The minimum atomic E-state index is -4.80. The molecule has 0 aliphatic carbocycles. The van der Waals surface area contributed by atoms with Gasteiger partial charge in [0, 0.05) is 29.7 Å². The molecule has 0 aliphatic rings. The Morgan fingerprint density at radius 1 is 0.943 bits per heavy atom. The van der Waals surface area contributed by atoms with Crippen LogP contribution in [0.25, 0.3) is 11.1 Å². The molecule has 0 bridgehead atoms. The fourth-order valence-corrected chi connectivity index (χ4v) is 3.81. The molecule has 0 spiro atoms. The van der Waals surface area contributed by atoms with Crippen molar-refractivity contribution in [2.75, 3.05) is 17.2 Å². The SMILES string of the molecule is O=C(Nc1cc(C(F)(F)F)ccn1)Nc1cc(S(=O)(=O)NCC(F)(F)F)ccc1-c1cccnc1. The summed E-state index contributed by atoms with van der Waals surface area (Å²) in [5.41, 5.74) is -0.591. The van der Waals surface area contributed by atoms with Crippen molar-refractivity contribution in [3.63, 3.8) is 0 Å². The number of nitrogens with one attached hydrogen (secondary N) is 3. The largest absolute Gasteiger partial charge is 0.416 e. The van der Waals surface area contributed by atoms with Gasteiger partial charge in [0.1, 0.15) is 12.4 Å². The Kier molecular flexibility index (Phi) is 7.30. The fraction of sp³-hybridized carbons (Fsp3) is 0.150. The van der Waals surface area contributed by atoms with Crippen LogP contribution in [0.5, 0.6) is 0 Å². The Bertz CT molecular complexity index is 1310. The molecule has 8 nitrogen and oxygen atoms in total. The minimum absolute atomic E-state index is 0.169. The summed E-state index contributed by atoms with van der Waals surface area (Å²) in [7, 11) is -4.63. The number of alkyl halides is 6. The summed E-state index contributed by atoms with van der Waals surface area (Å²) in [4.78, 5) is 19.4. The van der Waals surface area contributed by atoms with Gasteiger partial charge in [0.15, 0.2) is 0 Å².